The van der Waals surface area contributed by atoms with E-state index in [0.717, 1.165) is 33.0 Å². The molecule has 0 spiro atoms. The van der Waals surface area contributed by atoms with Crippen LogP contribution in [-0.2, 0) is 7.05 Å². The lowest BCUT2D eigenvalue weighted by atomic mass is 9.95. The molecular formula is C15H18BrN3. The molecule has 1 aromatic heterocycles. The van der Waals surface area contributed by atoms with Crippen molar-refractivity contribution in [1.29, 1.82) is 0 Å². The largest absolute Gasteiger partial charge is 0.383 e. The Hall–Kier alpha value is -1.29. The second kappa shape index (κ2) is 4.67. The molecule has 0 bridgehead atoms. The molecule has 100 valence electrons. The zero-order valence-corrected chi connectivity index (χ0v) is 12.8. The molecule has 3 nitrogen and oxygen atoms in total. The van der Waals surface area contributed by atoms with E-state index in [0.29, 0.717) is 5.92 Å². The molecule has 19 heavy (non-hydrogen) atoms. The van der Waals surface area contributed by atoms with Crippen LogP contribution in [0.3, 0.4) is 0 Å². The minimum Gasteiger partial charge on any atom is -0.383 e. The summed E-state index contributed by atoms with van der Waals surface area (Å²) in [7, 11) is 1.92. The third kappa shape index (κ3) is 2.29. The van der Waals surface area contributed by atoms with Crippen LogP contribution in [0.15, 0.2) is 28.7 Å². The molecule has 1 saturated carbocycles. The molecule has 0 radical (unpaired) electrons. The number of rotatable bonds is 3. The Kier molecular flexibility index (Phi) is 3.13. The second-order valence-electron chi connectivity index (χ2n) is 5.41. The Morgan fingerprint density at radius 1 is 1.42 bits per heavy atom. The van der Waals surface area contributed by atoms with E-state index in [-0.39, 0.29) is 0 Å². The van der Waals surface area contributed by atoms with Crippen LogP contribution >= 0.6 is 15.9 Å². The first-order chi connectivity index (χ1) is 9.08. The van der Waals surface area contributed by atoms with Crippen LogP contribution in [0.5, 0.6) is 0 Å². The maximum absolute atomic E-state index is 6.23. The average molecular weight is 320 g/mol. The van der Waals surface area contributed by atoms with Crippen LogP contribution in [0, 0.1) is 5.92 Å². The van der Waals surface area contributed by atoms with Gasteiger partial charge in [0.25, 0.3) is 0 Å². The SMILES string of the molecule is CC(c1nn(C)c(N)c1-c1cccc(Br)c1)C1CC1. The Morgan fingerprint density at radius 3 is 2.79 bits per heavy atom. The maximum atomic E-state index is 6.23. The summed E-state index contributed by atoms with van der Waals surface area (Å²) in [5, 5.41) is 4.65. The molecule has 1 aromatic carbocycles. The van der Waals surface area contributed by atoms with Crippen molar-refractivity contribution in [3.63, 3.8) is 0 Å². The number of aryl methyl sites for hydroxylation is 1. The third-order valence-corrected chi connectivity index (χ3v) is 4.49. The maximum Gasteiger partial charge on any atom is 0.129 e. The molecule has 1 atom stereocenters. The minimum atomic E-state index is 0.484. The Labute approximate surface area is 121 Å². The van der Waals surface area contributed by atoms with Gasteiger partial charge in [0.15, 0.2) is 0 Å². The highest BCUT2D eigenvalue weighted by molar-refractivity contribution is 9.10. The standard InChI is InChI=1S/C15H18BrN3/c1-9(10-6-7-10)14-13(15(17)19(2)18-14)11-4-3-5-12(16)8-11/h3-5,8-10H,6-7,17H2,1-2H3. The lowest BCUT2D eigenvalue weighted by Gasteiger charge is -2.10. The van der Waals surface area contributed by atoms with E-state index in [2.05, 4.69) is 40.1 Å². The van der Waals surface area contributed by atoms with E-state index in [4.69, 9.17) is 5.73 Å². The lowest BCUT2D eigenvalue weighted by Crippen LogP contribution is -2.00. The first-order valence-corrected chi connectivity index (χ1v) is 7.45. The van der Waals surface area contributed by atoms with Crippen molar-refractivity contribution >= 4 is 21.7 Å². The summed E-state index contributed by atoms with van der Waals surface area (Å²) in [6.07, 6.45) is 2.63. The quantitative estimate of drug-likeness (QED) is 0.931. The van der Waals surface area contributed by atoms with E-state index < -0.39 is 0 Å². The summed E-state index contributed by atoms with van der Waals surface area (Å²) in [4.78, 5) is 0. The molecule has 1 heterocycles. The number of hydrogen-bond acceptors (Lipinski definition) is 2. The number of aromatic nitrogens is 2. The van der Waals surface area contributed by atoms with Gasteiger partial charge >= 0.3 is 0 Å². The summed E-state index contributed by atoms with van der Waals surface area (Å²) in [6.45, 7) is 2.26. The van der Waals surface area contributed by atoms with E-state index in [1.165, 1.54) is 12.8 Å². The van der Waals surface area contributed by atoms with Gasteiger partial charge in [0, 0.05) is 23.0 Å². The van der Waals surface area contributed by atoms with Crippen LogP contribution in [0.2, 0.25) is 0 Å². The van der Waals surface area contributed by atoms with E-state index in [1.54, 1.807) is 4.68 Å². The zero-order valence-electron chi connectivity index (χ0n) is 11.2. The van der Waals surface area contributed by atoms with Crippen LogP contribution in [-0.4, -0.2) is 9.78 Å². The Morgan fingerprint density at radius 2 is 2.16 bits per heavy atom. The van der Waals surface area contributed by atoms with Gasteiger partial charge in [-0.1, -0.05) is 35.0 Å². The van der Waals surface area contributed by atoms with Crippen molar-refractivity contribution in [2.45, 2.75) is 25.7 Å². The monoisotopic (exact) mass is 319 g/mol. The molecule has 0 aliphatic heterocycles. The number of nitrogen functional groups attached to an aromatic ring is 1. The topological polar surface area (TPSA) is 43.8 Å². The van der Waals surface area contributed by atoms with Gasteiger partial charge < -0.3 is 5.73 Å². The highest BCUT2D eigenvalue weighted by Gasteiger charge is 2.33. The van der Waals surface area contributed by atoms with Crippen molar-refractivity contribution in [2.75, 3.05) is 5.73 Å². The molecule has 4 heteroatoms. The summed E-state index contributed by atoms with van der Waals surface area (Å²) in [5.74, 6) is 2.01. The van der Waals surface area contributed by atoms with Crippen LogP contribution in [0.25, 0.3) is 11.1 Å². The minimum absolute atomic E-state index is 0.484. The molecule has 0 saturated heterocycles. The average Bonchev–Trinajstić information content (AvgIpc) is 3.17. The number of hydrogen-bond donors (Lipinski definition) is 1. The third-order valence-electron chi connectivity index (χ3n) is 3.99. The molecule has 1 fully saturated rings. The summed E-state index contributed by atoms with van der Waals surface area (Å²) in [6, 6.07) is 8.27. The van der Waals surface area contributed by atoms with Crippen molar-refractivity contribution in [2.24, 2.45) is 13.0 Å². The fraction of sp³-hybridized carbons (Fsp3) is 0.400. The molecule has 2 N–H and O–H groups in total. The van der Waals surface area contributed by atoms with Gasteiger partial charge in [-0.3, -0.25) is 4.68 Å². The van der Waals surface area contributed by atoms with Crippen LogP contribution in [0.4, 0.5) is 5.82 Å². The lowest BCUT2D eigenvalue weighted by molar-refractivity contribution is 0.622. The van der Waals surface area contributed by atoms with Crippen molar-refractivity contribution in [3.05, 3.63) is 34.4 Å². The predicted octanol–water partition coefficient (Wildman–Crippen LogP) is 3.95. The van der Waals surface area contributed by atoms with Gasteiger partial charge in [0.1, 0.15) is 5.82 Å². The molecule has 2 aromatic rings. The number of nitrogens with two attached hydrogens (primary N) is 1. The number of benzene rings is 1. The van der Waals surface area contributed by atoms with Gasteiger partial charge in [-0.25, -0.2) is 0 Å². The van der Waals surface area contributed by atoms with Gasteiger partial charge in [-0.2, -0.15) is 5.10 Å². The zero-order chi connectivity index (χ0) is 13.6. The van der Waals surface area contributed by atoms with E-state index in [9.17, 15) is 0 Å². The van der Waals surface area contributed by atoms with Gasteiger partial charge in [-0.05, 0) is 36.5 Å². The van der Waals surface area contributed by atoms with Gasteiger partial charge in [-0.15, -0.1) is 0 Å². The predicted molar refractivity (Wildman–Crippen MR) is 81.9 cm³/mol. The van der Waals surface area contributed by atoms with Crippen molar-refractivity contribution in [1.82, 2.24) is 9.78 Å². The number of anilines is 1. The van der Waals surface area contributed by atoms with Crippen molar-refractivity contribution in [3.8, 4) is 11.1 Å². The van der Waals surface area contributed by atoms with E-state index in [1.807, 2.05) is 19.2 Å². The molecule has 3 rings (SSSR count). The molecule has 1 aliphatic carbocycles. The van der Waals surface area contributed by atoms with Gasteiger partial charge in [0.2, 0.25) is 0 Å². The van der Waals surface area contributed by atoms with Crippen LogP contribution < -0.4 is 5.73 Å². The van der Waals surface area contributed by atoms with E-state index >= 15 is 0 Å². The first-order valence-electron chi connectivity index (χ1n) is 6.66. The smallest absolute Gasteiger partial charge is 0.129 e. The fourth-order valence-corrected chi connectivity index (χ4v) is 3.04. The second-order valence-corrected chi connectivity index (χ2v) is 6.32. The highest BCUT2D eigenvalue weighted by Crippen LogP contribution is 2.45. The highest BCUT2D eigenvalue weighted by atomic mass is 79.9. The van der Waals surface area contributed by atoms with Crippen LogP contribution in [0.1, 0.15) is 31.4 Å². The summed E-state index contributed by atoms with van der Waals surface area (Å²) < 4.78 is 2.86. The number of halogens is 1. The normalized spacial score (nSPS) is 16.6. The van der Waals surface area contributed by atoms with Gasteiger partial charge in [0.05, 0.1) is 5.69 Å². The summed E-state index contributed by atoms with van der Waals surface area (Å²) >= 11 is 3.53. The molecular weight excluding hydrogens is 302 g/mol. The molecule has 1 unspecified atom stereocenters. The molecule has 1 aliphatic rings. The first kappa shape index (κ1) is 12.7. The number of nitrogens with zero attached hydrogens (tertiary/aromatic N) is 2. The Bertz CT molecular complexity index is 614. The van der Waals surface area contributed by atoms with Crippen molar-refractivity contribution < 1.29 is 0 Å². The fourth-order valence-electron chi connectivity index (χ4n) is 2.64. The summed E-state index contributed by atoms with van der Waals surface area (Å²) in [5.41, 5.74) is 9.61. The Balaban J connectivity index is 2.13. The molecule has 0 amide bonds.